The van der Waals surface area contributed by atoms with Crippen LogP contribution >= 0.6 is 0 Å². The Morgan fingerprint density at radius 2 is 1.69 bits per heavy atom. The Morgan fingerprint density at radius 3 is 2.39 bits per heavy atom. The van der Waals surface area contributed by atoms with E-state index in [0.29, 0.717) is 54.2 Å². The molecule has 1 unspecified atom stereocenters. The number of allylic oxidation sites excluding steroid dienone is 2. The van der Waals surface area contributed by atoms with Crippen LogP contribution in [0.4, 0.5) is 4.39 Å². The molecule has 10 atom stereocenters. The van der Waals surface area contributed by atoms with Crippen molar-refractivity contribution in [3.63, 3.8) is 0 Å². The van der Waals surface area contributed by atoms with Crippen molar-refractivity contribution in [2.75, 3.05) is 44.3 Å². The number of aliphatic hydroxyl groups excluding tert-OH is 1. The van der Waals surface area contributed by atoms with Crippen LogP contribution in [0.1, 0.15) is 110 Å². The third-order valence-electron chi connectivity index (χ3n) is 16.9. The average molecular weight is 697 g/mol. The number of hydrogen-bond donors (Lipinski definition) is 2. The number of hydrogen-bond acceptors (Lipinski definition) is 5. The van der Waals surface area contributed by atoms with E-state index in [4.69, 9.17) is 0 Å². The summed E-state index contributed by atoms with van der Waals surface area (Å²) in [5.74, 6) is 3.71. The minimum absolute atomic E-state index is 0.0227. The van der Waals surface area contributed by atoms with E-state index in [1.54, 1.807) is 6.07 Å². The maximum Gasteiger partial charge on any atom is 0.152 e. The molecular weight excluding hydrogens is 632 g/mol. The molecule has 1 aliphatic heterocycles. The summed E-state index contributed by atoms with van der Waals surface area (Å²) < 4.78 is 38.9. The number of nitrogens with zero attached hydrogens (tertiary/aromatic N) is 1. The van der Waals surface area contributed by atoms with Gasteiger partial charge in [-0.2, -0.15) is 0 Å². The fourth-order valence-electron chi connectivity index (χ4n) is 14.0. The van der Waals surface area contributed by atoms with Gasteiger partial charge in [-0.15, -0.1) is 0 Å². The van der Waals surface area contributed by atoms with Gasteiger partial charge in [0.25, 0.3) is 0 Å². The van der Waals surface area contributed by atoms with Gasteiger partial charge in [-0.25, -0.2) is 12.8 Å². The topological polar surface area (TPSA) is 69.6 Å². The van der Waals surface area contributed by atoms with E-state index in [0.717, 1.165) is 25.1 Å². The number of fused-ring (bicyclic) bond motifs is 7. The molecule has 1 aromatic carbocycles. The molecule has 6 aliphatic rings. The molecule has 0 aromatic heterocycles. The van der Waals surface area contributed by atoms with Crippen LogP contribution in [0.5, 0.6) is 0 Å². The molecule has 7 rings (SSSR count). The van der Waals surface area contributed by atoms with Gasteiger partial charge in [-0.3, -0.25) is 0 Å². The van der Waals surface area contributed by atoms with Crippen molar-refractivity contribution in [3.05, 3.63) is 41.2 Å². The molecule has 2 N–H and O–H groups in total. The van der Waals surface area contributed by atoms with Gasteiger partial charge >= 0.3 is 0 Å². The molecule has 0 spiro atoms. The van der Waals surface area contributed by atoms with Crippen molar-refractivity contribution in [2.24, 2.45) is 57.2 Å². The lowest BCUT2D eigenvalue weighted by atomic mass is 9.33. The van der Waals surface area contributed by atoms with Gasteiger partial charge in [-0.1, -0.05) is 59.8 Å². The van der Waals surface area contributed by atoms with Crippen molar-refractivity contribution >= 4 is 15.4 Å². The minimum Gasteiger partial charge on any atom is -0.396 e. The van der Waals surface area contributed by atoms with E-state index >= 15 is 0 Å². The molecule has 274 valence electrons. The highest BCUT2D eigenvalue weighted by molar-refractivity contribution is 7.91. The van der Waals surface area contributed by atoms with Crippen LogP contribution in [0.2, 0.25) is 0 Å². The van der Waals surface area contributed by atoms with E-state index < -0.39 is 9.84 Å². The average Bonchev–Trinajstić information content (AvgIpc) is 3.43. The monoisotopic (exact) mass is 696 g/mol. The summed E-state index contributed by atoms with van der Waals surface area (Å²) >= 11 is 0. The second kappa shape index (κ2) is 12.4. The zero-order valence-corrected chi connectivity index (χ0v) is 32.4. The van der Waals surface area contributed by atoms with Gasteiger partial charge < -0.3 is 15.3 Å². The molecule has 5 fully saturated rings. The fourth-order valence-corrected chi connectivity index (χ4v) is 15.3. The summed E-state index contributed by atoms with van der Waals surface area (Å²) in [6, 6.07) is 5.86. The van der Waals surface area contributed by atoms with Crippen molar-refractivity contribution in [1.29, 1.82) is 0 Å². The summed E-state index contributed by atoms with van der Waals surface area (Å²) in [5, 5.41) is 14.7. The second-order valence-electron chi connectivity index (χ2n) is 19.1. The number of benzene rings is 1. The van der Waals surface area contributed by atoms with E-state index in [-0.39, 0.29) is 51.1 Å². The van der Waals surface area contributed by atoms with Crippen molar-refractivity contribution in [2.45, 2.75) is 112 Å². The lowest BCUT2D eigenvalue weighted by Crippen LogP contribution is -2.68. The quantitative estimate of drug-likeness (QED) is 0.303. The maximum atomic E-state index is 14.8. The standard InChI is InChI=1S/C42H65FN2O3S/c1-28-8-9-30(26-34(28)43)32-13-15-39(5)35(38(32,3)4)14-16-41(7)36(39)11-10-33-37-31(29(2)27-46)12-17-42(37,19-18-40(33,41)6)44-20-21-45-22-24-49(47,48)25-23-45/h8-9,13,26,29,31,33,35-37,44,46H,10-12,14-25,27H2,1-7H3/t29?,31-,33+,35-,36+,37+,39-,40+,41+,42-/m0/s1. The van der Waals surface area contributed by atoms with Gasteiger partial charge in [0.05, 0.1) is 11.5 Å². The largest absolute Gasteiger partial charge is 0.396 e. The fraction of sp³-hybridized carbons (Fsp3) is 0.810. The zero-order chi connectivity index (χ0) is 35.2. The molecule has 0 radical (unpaired) electrons. The van der Waals surface area contributed by atoms with Crippen LogP contribution in [0.3, 0.4) is 0 Å². The molecule has 0 bridgehead atoms. The SMILES string of the molecule is Cc1ccc(C2=CC[C@]3(C)[C@H]4CC[C@@H]5[C@H]6[C@H](C(C)CO)CC[C@]6(NCCN6CCS(=O)(=O)CC6)CC[C@@]5(C)[C@]4(C)CC[C@H]3C2(C)C)cc1F. The normalized spacial score (nSPS) is 43.4. The Morgan fingerprint density at radius 1 is 0.959 bits per heavy atom. The predicted molar refractivity (Wildman–Crippen MR) is 198 cm³/mol. The maximum absolute atomic E-state index is 14.8. The van der Waals surface area contributed by atoms with Gasteiger partial charge in [0.1, 0.15) is 5.82 Å². The molecule has 0 amide bonds. The Kier molecular flexibility index (Phi) is 9.14. The van der Waals surface area contributed by atoms with Gasteiger partial charge in [-0.05, 0) is 145 Å². The van der Waals surface area contributed by atoms with Gasteiger partial charge in [0.2, 0.25) is 0 Å². The highest BCUT2D eigenvalue weighted by Crippen LogP contribution is 2.76. The van der Waals surface area contributed by atoms with Crippen LogP contribution in [-0.2, 0) is 9.84 Å². The Balaban J connectivity index is 1.16. The van der Waals surface area contributed by atoms with Gasteiger partial charge in [0.15, 0.2) is 9.84 Å². The molecule has 5 nitrogen and oxygen atoms in total. The molecule has 1 aromatic rings. The zero-order valence-electron chi connectivity index (χ0n) is 31.6. The summed E-state index contributed by atoms with van der Waals surface area (Å²) in [6.45, 7) is 20.4. The molecule has 7 heteroatoms. The number of halogens is 1. The first-order valence-corrected chi connectivity index (χ1v) is 21.6. The summed E-state index contributed by atoms with van der Waals surface area (Å²) in [7, 11) is -2.87. The number of rotatable bonds is 7. The smallest absolute Gasteiger partial charge is 0.152 e. The Bertz CT molecular complexity index is 1560. The van der Waals surface area contributed by atoms with E-state index in [2.05, 4.69) is 63.9 Å². The first-order valence-electron chi connectivity index (χ1n) is 19.8. The highest BCUT2D eigenvalue weighted by Gasteiger charge is 2.70. The first kappa shape index (κ1) is 36.1. The predicted octanol–water partition coefficient (Wildman–Crippen LogP) is 7.91. The van der Waals surface area contributed by atoms with Crippen LogP contribution < -0.4 is 5.32 Å². The van der Waals surface area contributed by atoms with Crippen molar-refractivity contribution < 1.29 is 17.9 Å². The lowest BCUT2D eigenvalue weighted by Gasteiger charge is -2.72. The van der Waals surface area contributed by atoms with E-state index in [1.807, 2.05) is 13.0 Å². The Labute approximate surface area is 297 Å². The van der Waals surface area contributed by atoms with E-state index in [9.17, 15) is 17.9 Å². The number of sulfone groups is 1. The second-order valence-corrected chi connectivity index (χ2v) is 21.4. The van der Waals surface area contributed by atoms with Crippen LogP contribution in [0.25, 0.3) is 5.57 Å². The van der Waals surface area contributed by atoms with Gasteiger partial charge in [0, 0.05) is 38.3 Å². The molecular formula is C42H65FN2O3S. The lowest BCUT2D eigenvalue weighted by molar-refractivity contribution is -0.221. The molecule has 5 aliphatic carbocycles. The van der Waals surface area contributed by atoms with Crippen molar-refractivity contribution in [3.8, 4) is 0 Å². The van der Waals surface area contributed by atoms with E-state index in [1.165, 1.54) is 56.9 Å². The number of aliphatic hydroxyl groups is 1. The van der Waals surface area contributed by atoms with Crippen LogP contribution in [0.15, 0.2) is 24.3 Å². The molecule has 49 heavy (non-hydrogen) atoms. The first-order chi connectivity index (χ1) is 23.0. The van der Waals surface area contributed by atoms with Crippen molar-refractivity contribution in [1.82, 2.24) is 10.2 Å². The number of nitrogens with one attached hydrogen (secondary N) is 1. The third kappa shape index (κ3) is 5.55. The number of aryl methyl sites for hydroxylation is 1. The summed E-state index contributed by atoms with van der Waals surface area (Å²) in [6.07, 6.45) is 13.4. The summed E-state index contributed by atoms with van der Waals surface area (Å²) in [5.41, 5.74) is 3.90. The molecule has 1 saturated heterocycles. The minimum atomic E-state index is -2.87. The molecule has 4 saturated carbocycles. The summed E-state index contributed by atoms with van der Waals surface area (Å²) in [4.78, 5) is 2.33. The van der Waals surface area contributed by atoms with Crippen LogP contribution in [0, 0.1) is 69.9 Å². The van der Waals surface area contributed by atoms with Crippen LogP contribution in [-0.4, -0.2) is 68.3 Å². The third-order valence-corrected chi connectivity index (χ3v) is 18.5. The Hall–Kier alpha value is -1.28. The highest BCUT2D eigenvalue weighted by atomic mass is 32.2. The molecule has 1 heterocycles.